The van der Waals surface area contributed by atoms with Crippen molar-refractivity contribution >= 4 is 63.7 Å². The van der Waals surface area contributed by atoms with Crippen molar-refractivity contribution in [3.05, 3.63) is 53.1 Å². The topological polar surface area (TPSA) is 71.6 Å². The summed E-state index contributed by atoms with van der Waals surface area (Å²) in [4.78, 5) is 12.8. The molecule has 0 spiro atoms. The highest BCUT2D eigenvalue weighted by molar-refractivity contribution is 7.80. The van der Waals surface area contributed by atoms with E-state index in [9.17, 15) is 4.79 Å². The first kappa shape index (κ1) is 26.3. The highest BCUT2D eigenvalue weighted by atomic mass is 35.6. The predicted molar refractivity (Wildman–Crippen MR) is 136 cm³/mol. The number of para-hydroxylation sites is 1. The van der Waals surface area contributed by atoms with Crippen molar-refractivity contribution in [3.63, 3.8) is 0 Å². The van der Waals surface area contributed by atoms with Crippen LogP contribution >= 0.6 is 47.0 Å². The molecule has 2 aromatic rings. The van der Waals surface area contributed by atoms with Gasteiger partial charge in [-0.1, -0.05) is 66.8 Å². The van der Waals surface area contributed by atoms with Gasteiger partial charge in [-0.25, -0.2) is 0 Å². The van der Waals surface area contributed by atoms with Gasteiger partial charge in [-0.05, 0) is 54.4 Å². The second kappa shape index (κ2) is 11.8. The zero-order valence-electron chi connectivity index (χ0n) is 18.2. The number of ether oxygens (including phenoxy) is 2. The maximum absolute atomic E-state index is 12.8. The van der Waals surface area contributed by atoms with E-state index in [0.717, 1.165) is 29.7 Å². The van der Waals surface area contributed by atoms with Gasteiger partial charge in [0.15, 0.2) is 16.6 Å². The lowest BCUT2D eigenvalue weighted by Gasteiger charge is -2.28. The number of aryl methyl sites for hydroxylation is 2. The number of rotatable bonds is 8. The molecule has 0 fully saturated rings. The Morgan fingerprint density at radius 1 is 1.00 bits per heavy atom. The normalized spacial score (nSPS) is 12.0. The number of benzene rings is 2. The van der Waals surface area contributed by atoms with Gasteiger partial charge in [-0.2, -0.15) is 0 Å². The van der Waals surface area contributed by atoms with Gasteiger partial charge in [-0.3, -0.25) is 4.79 Å². The molecular weight excluding hydrogens is 493 g/mol. The standard InChI is InChI=1S/C22H26Cl3N3O3S/c1-5-13-8-7-9-14(6-2)18(13)26-21(32)28-20(22(23,24)25)27-19(29)15-10-11-16(30-3)17(12-15)31-4/h7-12,20H,5-6H2,1-4H3,(H,27,29)(H2,26,28,32). The molecule has 0 aliphatic carbocycles. The lowest BCUT2D eigenvalue weighted by molar-refractivity contribution is 0.0934. The van der Waals surface area contributed by atoms with E-state index in [0.29, 0.717) is 17.1 Å². The molecule has 3 N–H and O–H groups in total. The number of methoxy groups -OCH3 is 2. The van der Waals surface area contributed by atoms with Gasteiger partial charge in [0.25, 0.3) is 5.91 Å². The van der Waals surface area contributed by atoms with Crippen LogP contribution in [-0.4, -0.2) is 35.2 Å². The van der Waals surface area contributed by atoms with Gasteiger partial charge in [0.05, 0.1) is 14.2 Å². The molecule has 0 saturated carbocycles. The molecule has 2 rings (SSSR count). The second-order valence-electron chi connectivity index (χ2n) is 6.77. The Morgan fingerprint density at radius 3 is 2.09 bits per heavy atom. The maximum Gasteiger partial charge on any atom is 0.253 e. The average molecular weight is 519 g/mol. The third-order valence-corrected chi connectivity index (χ3v) is 5.64. The molecule has 0 heterocycles. The van der Waals surface area contributed by atoms with Crippen molar-refractivity contribution in [2.75, 3.05) is 19.5 Å². The van der Waals surface area contributed by atoms with Crippen LogP contribution in [0.5, 0.6) is 11.5 Å². The van der Waals surface area contributed by atoms with E-state index >= 15 is 0 Å². The summed E-state index contributed by atoms with van der Waals surface area (Å²) in [6.07, 6.45) is 0.540. The number of thiocarbonyl (C=S) groups is 1. The van der Waals surface area contributed by atoms with Gasteiger partial charge in [0, 0.05) is 11.3 Å². The van der Waals surface area contributed by atoms with Crippen LogP contribution in [0.2, 0.25) is 0 Å². The van der Waals surface area contributed by atoms with Gasteiger partial charge in [-0.15, -0.1) is 0 Å². The highest BCUT2D eigenvalue weighted by Crippen LogP contribution is 2.31. The van der Waals surface area contributed by atoms with E-state index in [4.69, 9.17) is 56.5 Å². The third-order valence-electron chi connectivity index (χ3n) is 4.76. The van der Waals surface area contributed by atoms with E-state index in [1.54, 1.807) is 12.1 Å². The molecule has 1 atom stereocenters. The van der Waals surface area contributed by atoms with Crippen LogP contribution in [0.15, 0.2) is 36.4 Å². The number of hydrogen-bond acceptors (Lipinski definition) is 4. The number of anilines is 1. The van der Waals surface area contributed by atoms with Crippen LogP contribution in [0.25, 0.3) is 0 Å². The predicted octanol–water partition coefficient (Wildman–Crippen LogP) is 5.24. The Morgan fingerprint density at radius 2 is 1.59 bits per heavy atom. The molecule has 10 heteroatoms. The minimum absolute atomic E-state index is 0.213. The lowest BCUT2D eigenvalue weighted by atomic mass is 10.0. The van der Waals surface area contributed by atoms with Crippen molar-refractivity contribution in [1.82, 2.24) is 10.6 Å². The number of halogens is 3. The molecule has 0 saturated heterocycles. The number of nitrogens with one attached hydrogen (secondary N) is 3. The molecular formula is C22H26Cl3N3O3S. The molecule has 2 aromatic carbocycles. The number of amides is 1. The molecule has 32 heavy (non-hydrogen) atoms. The van der Waals surface area contributed by atoms with E-state index in [2.05, 4.69) is 29.8 Å². The molecule has 0 radical (unpaired) electrons. The third kappa shape index (κ3) is 6.78. The van der Waals surface area contributed by atoms with Gasteiger partial charge in [0.1, 0.15) is 6.17 Å². The number of carbonyl (C=O) groups excluding carboxylic acids is 1. The van der Waals surface area contributed by atoms with Crippen LogP contribution in [0.1, 0.15) is 35.3 Å². The molecule has 0 aliphatic rings. The summed E-state index contributed by atoms with van der Waals surface area (Å²) in [7, 11) is 2.99. The van der Waals surface area contributed by atoms with Gasteiger partial charge in [0.2, 0.25) is 3.79 Å². The first-order chi connectivity index (χ1) is 15.1. The maximum atomic E-state index is 12.8. The lowest BCUT2D eigenvalue weighted by Crippen LogP contribution is -2.56. The summed E-state index contributed by atoms with van der Waals surface area (Å²) in [6, 6.07) is 10.8. The van der Waals surface area contributed by atoms with Crippen LogP contribution in [0.3, 0.4) is 0 Å². The minimum Gasteiger partial charge on any atom is -0.493 e. The SMILES string of the molecule is CCc1cccc(CC)c1NC(=S)NC(NC(=O)c1ccc(OC)c(OC)c1)C(Cl)(Cl)Cl. The fraction of sp³-hybridized carbons (Fsp3) is 0.364. The summed E-state index contributed by atoms with van der Waals surface area (Å²) < 4.78 is 8.56. The van der Waals surface area contributed by atoms with Crippen LogP contribution in [-0.2, 0) is 12.8 Å². The highest BCUT2D eigenvalue weighted by Gasteiger charge is 2.35. The average Bonchev–Trinajstić information content (AvgIpc) is 2.77. The first-order valence-electron chi connectivity index (χ1n) is 9.92. The van der Waals surface area contributed by atoms with Crippen molar-refractivity contribution in [1.29, 1.82) is 0 Å². The van der Waals surface area contributed by atoms with E-state index in [1.807, 2.05) is 18.2 Å². The zero-order chi connectivity index (χ0) is 23.9. The van der Waals surface area contributed by atoms with Crippen molar-refractivity contribution in [3.8, 4) is 11.5 Å². The number of alkyl halides is 3. The zero-order valence-corrected chi connectivity index (χ0v) is 21.3. The summed E-state index contributed by atoms with van der Waals surface area (Å²) in [5.41, 5.74) is 3.41. The molecule has 0 aromatic heterocycles. The Bertz CT molecular complexity index is 945. The van der Waals surface area contributed by atoms with Gasteiger partial charge >= 0.3 is 0 Å². The van der Waals surface area contributed by atoms with Crippen LogP contribution < -0.4 is 25.4 Å². The second-order valence-corrected chi connectivity index (χ2v) is 9.55. The van der Waals surface area contributed by atoms with Crippen molar-refractivity contribution < 1.29 is 14.3 Å². The fourth-order valence-corrected chi connectivity index (χ4v) is 3.62. The van der Waals surface area contributed by atoms with Gasteiger partial charge < -0.3 is 25.4 Å². The Kier molecular flexibility index (Phi) is 9.70. The fourth-order valence-electron chi connectivity index (χ4n) is 3.08. The molecule has 6 nitrogen and oxygen atoms in total. The smallest absolute Gasteiger partial charge is 0.253 e. The quantitative estimate of drug-likeness (QED) is 0.252. The van der Waals surface area contributed by atoms with Crippen LogP contribution in [0.4, 0.5) is 5.69 Å². The Labute approximate surface area is 208 Å². The Hall–Kier alpha value is -1.93. The molecule has 0 bridgehead atoms. The summed E-state index contributed by atoms with van der Waals surface area (Å²) in [5, 5.41) is 8.96. The first-order valence-corrected chi connectivity index (χ1v) is 11.5. The number of carbonyl (C=O) groups is 1. The summed E-state index contributed by atoms with van der Waals surface area (Å²) >= 11 is 23.8. The van der Waals surface area contributed by atoms with Crippen LogP contribution in [0, 0.1) is 0 Å². The van der Waals surface area contributed by atoms with E-state index < -0.39 is 15.9 Å². The number of hydrogen-bond donors (Lipinski definition) is 3. The largest absolute Gasteiger partial charge is 0.493 e. The molecule has 174 valence electrons. The van der Waals surface area contributed by atoms with Crippen molar-refractivity contribution in [2.45, 2.75) is 36.6 Å². The summed E-state index contributed by atoms with van der Waals surface area (Å²) in [6.45, 7) is 4.12. The molecule has 1 amide bonds. The van der Waals surface area contributed by atoms with E-state index in [1.165, 1.54) is 20.3 Å². The Balaban J connectivity index is 2.20. The minimum atomic E-state index is -1.88. The van der Waals surface area contributed by atoms with Crippen molar-refractivity contribution in [2.24, 2.45) is 0 Å². The summed E-state index contributed by atoms with van der Waals surface area (Å²) in [5.74, 6) is 0.409. The monoisotopic (exact) mass is 517 g/mol. The van der Waals surface area contributed by atoms with E-state index in [-0.39, 0.29) is 5.11 Å². The molecule has 0 aliphatic heterocycles. The molecule has 1 unspecified atom stereocenters.